The number of aliphatic hydroxyl groups is 1. The van der Waals surface area contributed by atoms with E-state index in [2.05, 4.69) is 15.4 Å². The van der Waals surface area contributed by atoms with Gasteiger partial charge in [-0.15, -0.1) is 0 Å². The molecule has 2 aromatic heterocycles. The average Bonchev–Trinajstić information content (AvgIpc) is 3.05. The number of aryl methyl sites for hydroxylation is 1. The number of aromatic nitrogens is 3. The molecule has 1 fully saturated rings. The van der Waals surface area contributed by atoms with E-state index < -0.39 is 6.10 Å². The van der Waals surface area contributed by atoms with Crippen LogP contribution in [0.15, 0.2) is 42.9 Å². The van der Waals surface area contributed by atoms with Crippen molar-refractivity contribution in [3.63, 3.8) is 0 Å². The number of nitrogens with one attached hydrogen (secondary N) is 1. The van der Waals surface area contributed by atoms with Gasteiger partial charge in [-0.1, -0.05) is 18.2 Å². The largest absolute Gasteiger partial charge is 0.494 e. The minimum atomic E-state index is -0.532. The van der Waals surface area contributed by atoms with E-state index in [1.165, 1.54) is 7.11 Å². The van der Waals surface area contributed by atoms with Gasteiger partial charge in [-0.3, -0.25) is 14.5 Å². The molecule has 7 nitrogen and oxygen atoms in total. The summed E-state index contributed by atoms with van der Waals surface area (Å²) < 4.78 is 7.07. The van der Waals surface area contributed by atoms with Gasteiger partial charge in [-0.05, 0) is 25.0 Å². The van der Waals surface area contributed by atoms with Gasteiger partial charge >= 0.3 is 0 Å². The van der Waals surface area contributed by atoms with Crippen LogP contribution in [-0.4, -0.2) is 45.0 Å². The second-order valence-corrected chi connectivity index (χ2v) is 6.59. The number of pyridine rings is 1. The van der Waals surface area contributed by atoms with Crippen molar-refractivity contribution in [3.8, 4) is 5.75 Å². The van der Waals surface area contributed by atoms with Crippen molar-refractivity contribution in [2.24, 2.45) is 0 Å². The average molecular weight is 352 g/mol. The summed E-state index contributed by atoms with van der Waals surface area (Å²) >= 11 is 0. The molecule has 0 bridgehead atoms. The molecule has 7 heteroatoms. The number of aliphatic hydroxyl groups excluding tert-OH is 1. The van der Waals surface area contributed by atoms with Crippen LogP contribution in [0, 0.1) is 6.92 Å². The Morgan fingerprint density at radius 3 is 2.85 bits per heavy atom. The zero-order chi connectivity index (χ0) is 18.3. The van der Waals surface area contributed by atoms with Gasteiger partial charge in [0.05, 0.1) is 48.8 Å². The molecule has 3 aromatic rings. The highest BCUT2D eigenvalue weighted by molar-refractivity contribution is 6.08. The number of ether oxygens (including phenoxy) is 1. The van der Waals surface area contributed by atoms with Crippen molar-refractivity contribution in [1.29, 1.82) is 0 Å². The molecular formula is C19H20N4O3. The fraction of sp³-hybridized carbons (Fsp3) is 0.316. The summed E-state index contributed by atoms with van der Waals surface area (Å²) in [4.78, 5) is 17.3. The molecule has 1 aliphatic carbocycles. The lowest BCUT2D eigenvalue weighted by atomic mass is 9.82. The number of rotatable bonds is 4. The molecular weight excluding hydrogens is 332 g/mol. The molecule has 1 amide bonds. The molecule has 3 atom stereocenters. The van der Waals surface area contributed by atoms with Crippen LogP contribution in [0.1, 0.15) is 28.4 Å². The molecule has 4 rings (SSSR count). The Morgan fingerprint density at radius 2 is 2.15 bits per heavy atom. The second-order valence-electron chi connectivity index (χ2n) is 6.59. The number of nitrogens with zero attached hydrogens (tertiary/aromatic N) is 3. The maximum atomic E-state index is 13.0. The Labute approximate surface area is 150 Å². The van der Waals surface area contributed by atoms with Crippen LogP contribution in [0.3, 0.4) is 0 Å². The lowest BCUT2D eigenvalue weighted by molar-refractivity contribution is -0.00590. The molecule has 0 radical (unpaired) electrons. The maximum Gasteiger partial charge on any atom is 0.256 e. The van der Waals surface area contributed by atoms with Crippen LogP contribution < -0.4 is 10.1 Å². The van der Waals surface area contributed by atoms with Gasteiger partial charge in [0.1, 0.15) is 0 Å². The first-order valence-electron chi connectivity index (χ1n) is 8.50. The van der Waals surface area contributed by atoms with E-state index in [1.54, 1.807) is 17.1 Å². The smallest absolute Gasteiger partial charge is 0.256 e. The number of para-hydroxylation sites is 1. The number of carbonyl (C=O) groups excluding carboxylic acids is 1. The Bertz CT molecular complexity index is 968. The normalized spacial score (nSPS) is 22.0. The molecule has 134 valence electrons. The molecule has 0 saturated heterocycles. The van der Waals surface area contributed by atoms with Gasteiger partial charge in [0.25, 0.3) is 5.91 Å². The van der Waals surface area contributed by atoms with Gasteiger partial charge in [-0.2, -0.15) is 5.10 Å². The van der Waals surface area contributed by atoms with Crippen molar-refractivity contribution < 1.29 is 14.6 Å². The quantitative estimate of drug-likeness (QED) is 0.748. The van der Waals surface area contributed by atoms with Gasteiger partial charge in [0.2, 0.25) is 0 Å². The van der Waals surface area contributed by atoms with Gasteiger partial charge in [0, 0.05) is 11.6 Å². The Kier molecular flexibility index (Phi) is 4.08. The molecule has 0 spiro atoms. The first-order valence-corrected chi connectivity index (χ1v) is 8.50. The highest BCUT2D eigenvalue weighted by Gasteiger charge is 2.43. The van der Waals surface area contributed by atoms with Crippen LogP contribution in [-0.2, 0) is 0 Å². The predicted octanol–water partition coefficient (Wildman–Crippen LogP) is 1.85. The summed E-state index contributed by atoms with van der Waals surface area (Å²) in [5.41, 5.74) is 2.19. The minimum absolute atomic E-state index is 0.201. The van der Waals surface area contributed by atoms with Gasteiger partial charge in [-0.25, -0.2) is 0 Å². The Balaban J connectivity index is 1.64. The second kappa shape index (κ2) is 6.42. The fourth-order valence-electron chi connectivity index (χ4n) is 3.46. The van der Waals surface area contributed by atoms with Gasteiger partial charge in [0.15, 0.2) is 5.75 Å². The summed E-state index contributed by atoms with van der Waals surface area (Å²) in [5, 5.41) is 18.2. The standard InChI is InChI=1S/C19H20N4O3/c1-11-8-21-23(10-11)18-14(7-15(18)24)22-19(25)17-12-5-3-4-6-13(12)20-9-16(17)26-2/h3-6,8-10,14-15,18,24H,7H2,1-2H3,(H,22,25)/t14-,15+,18+/m0/s1. The number of hydrogen-bond donors (Lipinski definition) is 2. The predicted molar refractivity (Wildman–Crippen MR) is 96.2 cm³/mol. The first kappa shape index (κ1) is 16.5. The summed E-state index contributed by atoms with van der Waals surface area (Å²) in [7, 11) is 1.52. The Morgan fingerprint density at radius 1 is 1.35 bits per heavy atom. The van der Waals surface area contributed by atoms with Crippen molar-refractivity contribution in [2.45, 2.75) is 31.5 Å². The zero-order valence-electron chi connectivity index (χ0n) is 14.6. The first-order chi connectivity index (χ1) is 12.6. The van der Waals surface area contributed by atoms with E-state index in [1.807, 2.05) is 37.4 Å². The van der Waals surface area contributed by atoms with Crippen molar-refractivity contribution >= 4 is 16.8 Å². The molecule has 2 N–H and O–H groups in total. The highest BCUT2D eigenvalue weighted by atomic mass is 16.5. The van der Waals surface area contributed by atoms with Crippen molar-refractivity contribution in [1.82, 2.24) is 20.1 Å². The van der Waals surface area contributed by atoms with Crippen molar-refractivity contribution in [2.75, 3.05) is 7.11 Å². The number of fused-ring (bicyclic) bond motifs is 1. The fourth-order valence-corrected chi connectivity index (χ4v) is 3.46. The molecule has 1 aliphatic rings. The Hall–Kier alpha value is -2.93. The monoisotopic (exact) mass is 352 g/mol. The maximum absolute atomic E-state index is 13.0. The van der Waals surface area contributed by atoms with Crippen LogP contribution in [0.4, 0.5) is 0 Å². The minimum Gasteiger partial charge on any atom is -0.494 e. The molecule has 2 heterocycles. The van der Waals surface area contributed by atoms with Crippen molar-refractivity contribution in [3.05, 3.63) is 54.0 Å². The van der Waals surface area contributed by atoms with E-state index in [9.17, 15) is 9.90 Å². The molecule has 1 aromatic carbocycles. The SMILES string of the molecule is COc1cnc2ccccc2c1C(=O)N[C@H]1C[C@@H](O)[C@@H]1n1cc(C)cn1. The number of methoxy groups -OCH3 is 1. The van der Waals surface area contributed by atoms with E-state index in [4.69, 9.17) is 4.74 Å². The van der Waals surface area contributed by atoms with Crippen LogP contribution >= 0.6 is 0 Å². The number of benzene rings is 1. The third-order valence-electron chi connectivity index (χ3n) is 4.84. The van der Waals surface area contributed by atoms with E-state index in [-0.39, 0.29) is 18.0 Å². The number of carbonyl (C=O) groups is 1. The van der Waals surface area contributed by atoms with E-state index in [0.29, 0.717) is 17.7 Å². The van der Waals surface area contributed by atoms with E-state index >= 15 is 0 Å². The summed E-state index contributed by atoms with van der Waals surface area (Å²) in [6.07, 6.45) is 5.12. The lowest BCUT2D eigenvalue weighted by Crippen LogP contribution is -2.56. The third-order valence-corrected chi connectivity index (χ3v) is 4.84. The van der Waals surface area contributed by atoms with E-state index in [0.717, 1.165) is 16.5 Å². The molecule has 0 aliphatic heterocycles. The van der Waals surface area contributed by atoms with Crippen LogP contribution in [0.25, 0.3) is 10.9 Å². The number of hydrogen-bond acceptors (Lipinski definition) is 5. The third kappa shape index (κ3) is 2.70. The molecule has 0 unspecified atom stereocenters. The van der Waals surface area contributed by atoms with Crippen LogP contribution in [0.2, 0.25) is 0 Å². The summed E-state index contributed by atoms with van der Waals surface area (Å²) in [6.45, 7) is 1.94. The molecule has 1 saturated carbocycles. The topological polar surface area (TPSA) is 89.3 Å². The summed E-state index contributed by atoms with van der Waals surface area (Å²) in [5.74, 6) is 0.179. The lowest BCUT2D eigenvalue weighted by Gasteiger charge is -2.41. The number of amides is 1. The van der Waals surface area contributed by atoms with Gasteiger partial charge < -0.3 is 15.2 Å². The van der Waals surface area contributed by atoms with Crippen LogP contribution in [0.5, 0.6) is 5.75 Å². The summed E-state index contributed by atoms with van der Waals surface area (Å²) in [6, 6.07) is 6.97. The highest BCUT2D eigenvalue weighted by Crippen LogP contribution is 2.34. The zero-order valence-corrected chi connectivity index (χ0v) is 14.6. The molecule has 26 heavy (non-hydrogen) atoms.